The molecule has 0 aliphatic heterocycles. The molecule has 1 aromatic rings. The molecule has 88 valence electrons. The van der Waals surface area contributed by atoms with Crippen molar-refractivity contribution in [2.45, 2.75) is 33.1 Å². The molecule has 0 saturated heterocycles. The van der Waals surface area contributed by atoms with Crippen molar-refractivity contribution < 1.29 is 4.79 Å². The van der Waals surface area contributed by atoms with Crippen LogP contribution in [0.2, 0.25) is 0 Å². The minimum Gasteiger partial charge on any atom is -0.295 e. The molecule has 0 amide bonds. The van der Waals surface area contributed by atoms with E-state index >= 15 is 0 Å². The van der Waals surface area contributed by atoms with Gasteiger partial charge in [0.2, 0.25) is 0 Å². The van der Waals surface area contributed by atoms with Crippen molar-refractivity contribution in [3.05, 3.63) is 41.5 Å². The lowest BCUT2D eigenvalue weighted by Gasteiger charge is -2.37. The van der Waals surface area contributed by atoms with Crippen LogP contribution in [0.5, 0.6) is 0 Å². The van der Waals surface area contributed by atoms with Crippen molar-refractivity contribution in [3.8, 4) is 0 Å². The lowest BCUT2D eigenvalue weighted by atomic mass is 9.66. The maximum atomic E-state index is 11.7. The zero-order chi connectivity index (χ0) is 12.0. The summed E-state index contributed by atoms with van der Waals surface area (Å²) in [5.41, 5.74) is 4.26. The second kappa shape index (κ2) is 3.56. The zero-order valence-corrected chi connectivity index (χ0v) is 10.5. The molecule has 0 radical (unpaired) electrons. The fraction of sp³-hybridized carbons (Fsp3) is 0.438. The minimum absolute atomic E-state index is 0.220. The Morgan fingerprint density at radius 1 is 1.24 bits per heavy atom. The van der Waals surface area contributed by atoms with Crippen LogP contribution in [0.4, 0.5) is 0 Å². The highest BCUT2D eigenvalue weighted by Crippen LogP contribution is 2.55. The highest BCUT2D eigenvalue weighted by molar-refractivity contribution is 6.01. The van der Waals surface area contributed by atoms with E-state index in [1.165, 1.54) is 16.7 Å². The van der Waals surface area contributed by atoms with Crippen molar-refractivity contribution in [3.63, 3.8) is 0 Å². The smallest absolute Gasteiger partial charge is 0.156 e. The fourth-order valence-corrected chi connectivity index (χ4v) is 3.47. The third-order valence-electron chi connectivity index (χ3n) is 4.58. The van der Waals surface area contributed by atoms with Gasteiger partial charge in [-0.1, -0.05) is 38.1 Å². The Kier molecular flexibility index (Phi) is 2.25. The Balaban J connectivity index is 2.21. The van der Waals surface area contributed by atoms with Gasteiger partial charge in [0.05, 0.1) is 0 Å². The van der Waals surface area contributed by atoms with E-state index in [1.807, 2.05) is 6.08 Å². The zero-order valence-electron chi connectivity index (χ0n) is 10.5. The first-order valence-electron chi connectivity index (χ1n) is 6.47. The monoisotopic (exact) mass is 226 g/mol. The quantitative estimate of drug-likeness (QED) is 0.714. The number of rotatable bonds is 1. The Hall–Kier alpha value is -1.37. The molecule has 0 spiro atoms. The molecule has 17 heavy (non-hydrogen) atoms. The highest BCUT2D eigenvalue weighted by Gasteiger charge is 2.45. The van der Waals surface area contributed by atoms with Crippen LogP contribution in [0, 0.1) is 11.3 Å². The number of allylic oxidation sites excluding steroid dienone is 2. The SMILES string of the molecule is CC(C)C12CCC(=O)C=C1c1ccccc1C2. The number of carbonyl (C=O) groups is 1. The van der Waals surface area contributed by atoms with Gasteiger partial charge in [0, 0.05) is 11.8 Å². The molecule has 1 nitrogen and oxygen atoms in total. The van der Waals surface area contributed by atoms with Gasteiger partial charge in [-0.15, -0.1) is 0 Å². The lowest BCUT2D eigenvalue weighted by molar-refractivity contribution is -0.115. The molecule has 3 rings (SSSR count). The third kappa shape index (κ3) is 1.41. The standard InChI is InChI=1S/C16H18O/c1-11(2)16-8-7-13(17)9-15(16)14-6-4-3-5-12(14)10-16/h3-6,9,11H,7-8,10H2,1-2H3. The van der Waals surface area contributed by atoms with Gasteiger partial charge in [-0.25, -0.2) is 0 Å². The van der Waals surface area contributed by atoms with Crippen LogP contribution in [0.3, 0.4) is 0 Å². The number of benzene rings is 1. The number of hydrogen-bond acceptors (Lipinski definition) is 1. The normalized spacial score (nSPS) is 26.8. The second-order valence-corrected chi connectivity index (χ2v) is 5.67. The van der Waals surface area contributed by atoms with Gasteiger partial charge in [0.1, 0.15) is 0 Å². The van der Waals surface area contributed by atoms with Gasteiger partial charge in [-0.05, 0) is 41.5 Å². The van der Waals surface area contributed by atoms with E-state index in [0.29, 0.717) is 11.7 Å². The Labute approximate surface area is 103 Å². The summed E-state index contributed by atoms with van der Waals surface area (Å²) in [5.74, 6) is 0.891. The van der Waals surface area contributed by atoms with Crippen LogP contribution in [-0.4, -0.2) is 5.78 Å². The Bertz CT molecular complexity index is 510. The van der Waals surface area contributed by atoms with E-state index < -0.39 is 0 Å². The van der Waals surface area contributed by atoms with Crippen molar-refractivity contribution in [2.75, 3.05) is 0 Å². The number of hydrogen-bond donors (Lipinski definition) is 0. The first kappa shape index (κ1) is 10.8. The first-order valence-corrected chi connectivity index (χ1v) is 6.47. The average Bonchev–Trinajstić information content (AvgIpc) is 2.64. The summed E-state index contributed by atoms with van der Waals surface area (Å²) in [4.78, 5) is 11.7. The molecule has 1 unspecified atom stereocenters. The van der Waals surface area contributed by atoms with E-state index in [1.54, 1.807) is 0 Å². The topological polar surface area (TPSA) is 17.1 Å². The maximum Gasteiger partial charge on any atom is 0.156 e. The van der Waals surface area contributed by atoms with E-state index in [4.69, 9.17) is 0 Å². The average molecular weight is 226 g/mol. The summed E-state index contributed by atoms with van der Waals surface area (Å²) in [6, 6.07) is 8.56. The molecule has 0 aromatic heterocycles. The molecule has 0 saturated carbocycles. The first-order chi connectivity index (χ1) is 8.13. The molecule has 0 N–H and O–H groups in total. The third-order valence-corrected chi connectivity index (χ3v) is 4.58. The van der Waals surface area contributed by atoms with Gasteiger partial charge in [0.15, 0.2) is 5.78 Å². The lowest BCUT2D eigenvalue weighted by Crippen LogP contribution is -2.31. The van der Waals surface area contributed by atoms with Crippen LogP contribution >= 0.6 is 0 Å². The summed E-state index contributed by atoms with van der Waals surface area (Å²) >= 11 is 0. The van der Waals surface area contributed by atoms with Crippen LogP contribution in [0.15, 0.2) is 30.3 Å². The van der Waals surface area contributed by atoms with Crippen LogP contribution in [-0.2, 0) is 11.2 Å². The van der Waals surface area contributed by atoms with Crippen molar-refractivity contribution in [1.82, 2.24) is 0 Å². The molecule has 0 fully saturated rings. The molecule has 1 atom stereocenters. The van der Waals surface area contributed by atoms with Crippen LogP contribution < -0.4 is 0 Å². The number of ketones is 1. The Morgan fingerprint density at radius 2 is 2.00 bits per heavy atom. The van der Waals surface area contributed by atoms with E-state index in [2.05, 4.69) is 38.1 Å². The summed E-state index contributed by atoms with van der Waals surface area (Å²) in [6.45, 7) is 4.57. The summed E-state index contributed by atoms with van der Waals surface area (Å²) in [7, 11) is 0. The molecule has 2 aliphatic rings. The number of fused-ring (bicyclic) bond motifs is 3. The van der Waals surface area contributed by atoms with Gasteiger partial charge in [0.25, 0.3) is 0 Å². The molecule has 0 bridgehead atoms. The maximum absolute atomic E-state index is 11.7. The molecule has 1 heteroatoms. The fourth-order valence-electron chi connectivity index (χ4n) is 3.47. The number of carbonyl (C=O) groups excluding carboxylic acids is 1. The van der Waals surface area contributed by atoms with Crippen LogP contribution in [0.1, 0.15) is 37.8 Å². The van der Waals surface area contributed by atoms with Gasteiger partial charge < -0.3 is 0 Å². The van der Waals surface area contributed by atoms with E-state index in [-0.39, 0.29) is 5.41 Å². The highest BCUT2D eigenvalue weighted by atomic mass is 16.1. The predicted molar refractivity (Wildman–Crippen MR) is 69.6 cm³/mol. The predicted octanol–water partition coefficient (Wildman–Crippen LogP) is 3.63. The summed E-state index contributed by atoms with van der Waals surface area (Å²) in [5, 5.41) is 0. The van der Waals surface area contributed by atoms with Crippen molar-refractivity contribution >= 4 is 11.4 Å². The summed E-state index contributed by atoms with van der Waals surface area (Å²) in [6.07, 6.45) is 4.76. The molecular weight excluding hydrogens is 208 g/mol. The van der Waals surface area contributed by atoms with Crippen molar-refractivity contribution in [2.24, 2.45) is 11.3 Å². The molecular formula is C16H18O. The molecule has 0 heterocycles. The summed E-state index contributed by atoms with van der Waals surface area (Å²) < 4.78 is 0. The molecule has 1 aromatic carbocycles. The largest absolute Gasteiger partial charge is 0.295 e. The molecule has 2 aliphatic carbocycles. The second-order valence-electron chi connectivity index (χ2n) is 5.67. The van der Waals surface area contributed by atoms with Gasteiger partial charge in [-0.3, -0.25) is 4.79 Å². The van der Waals surface area contributed by atoms with E-state index in [0.717, 1.165) is 19.3 Å². The van der Waals surface area contributed by atoms with Crippen molar-refractivity contribution in [1.29, 1.82) is 0 Å². The van der Waals surface area contributed by atoms with Gasteiger partial charge >= 0.3 is 0 Å². The minimum atomic E-state index is 0.220. The van der Waals surface area contributed by atoms with E-state index in [9.17, 15) is 4.79 Å². The van der Waals surface area contributed by atoms with Gasteiger partial charge in [-0.2, -0.15) is 0 Å². The van der Waals surface area contributed by atoms with Crippen LogP contribution in [0.25, 0.3) is 5.57 Å². The Morgan fingerprint density at radius 3 is 2.76 bits per heavy atom.